The van der Waals surface area contributed by atoms with Crippen molar-refractivity contribution in [3.63, 3.8) is 0 Å². The normalized spacial score (nSPS) is 17.5. The first-order valence-electron chi connectivity index (χ1n) is 13.2. The topological polar surface area (TPSA) is 138 Å². The number of anilines is 3. The molecule has 39 heavy (non-hydrogen) atoms. The number of halogens is 1. The minimum atomic E-state index is -0.627. The molecule has 1 fully saturated rings. The molecule has 4 rings (SSSR count). The first-order chi connectivity index (χ1) is 18.6. The van der Waals surface area contributed by atoms with Crippen molar-refractivity contribution < 1.29 is 9.59 Å². The van der Waals surface area contributed by atoms with E-state index in [1.165, 1.54) is 12.4 Å². The van der Waals surface area contributed by atoms with Gasteiger partial charge in [0.05, 0.1) is 24.2 Å². The number of rotatable bonds is 11. The molecule has 11 nitrogen and oxygen atoms in total. The summed E-state index contributed by atoms with van der Waals surface area (Å²) in [4.78, 5) is 37.3. The highest BCUT2D eigenvalue weighted by atomic mass is 35.5. The second-order valence-corrected chi connectivity index (χ2v) is 11.3. The monoisotopic (exact) mass is 555 g/mol. The van der Waals surface area contributed by atoms with Gasteiger partial charge in [-0.05, 0) is 58.0 Å². The Morgan fingerprint density at radius 2 is 2.08 bits per heavy atom. The fourth-order valence-electron chi connectivity index (χ4n) is 5.04. The zero-order chi connectivity index (χ0) is 28.2. The number of amides is 2. The van der Waals surface area contributed by atoms with Crippen LogP contribution >= 0.6 is 11.6 Å². The predicted octanol–water partition coefficient (Wildman–Crippen LogP) is 2.54. The highest BCUT2D eigenvalue weighted by Crippen LogP contribution is 2.39. The second-order valence-electron chi connectivity index (χ2n) is 10.9. The van der Waals surface area contributed by atoms with Gasteiger partial charge in [-0.1, -0.05) is 23.7 Å². The third kappa shape index (κ3) is 6.84. The molecule has 1 unspecified atom stereocenters. The molecular weight excluding hydrogens is 518 g/mol. The van der Waals surface area contributed by atoms with Gasteiger partial charge in [0.25, 0.3) is 0 Å². The summed E-state index contributed by atoms with van der Waals surface area (Å²) in [7, 11) is 3.80. The molecule has 1 saturated heterocycles. The lowest BCUT2D eigenvalue weighted by Crippen LogP contribution is -2.49. The van der Waals surface area contributed by atoms with Crippen LogP contribution in [0.3, 0.4) is 0 Å². The van der Waals surface area contributed by atoms with Crippen molar-refractivity contribution in [1.29, 1.82) is 5.41 Å². The van der Waals surface area contributed by atoms with Crippen LogP contribution in [0.5, 0.6) is 0 Å². The molecule has 2 aliphatic heterocycles. The summed E-state index contributed by atoms with van der Waals surface area (Å²) < 4.78 is 0. The van der Waals surface area contributed by atoms with Crippen LogP contribution in [-0.4, -0.2) is 90.2 Å². The van der Waals surface area contributed by atoms with Gasteiger partial charge in [-0.2, -0.15) is 4.98 Å². The summed E-state index contributed by atoms with van der Waals surface area (Å²) in [5, 5.41) is 21.2. The number of likely N-dealkylation sites (tertiary alicyclic amines) is 1. The van der Waals surface area contributed by atoms with Gasteiger partial charge in [0.1, 0.15) is 5.02 Å². The van der Waals surface area contributed by atoms with E-state index in [1.54, 1.807) is 0 Å². The third-order valence-corrected chi connectivity index (χ3v) is 7.50. The number of hydrogen-bond donors (Lipinski definition) is 5. The minimum absolute atomic E-state index is 0.0221. The van der Waals surface area contributed by atoms with E-state index in [4.69, 9.17) is 17.0 Å². The molecule has 210 valence electrons. The predicted molar refractivity (Wildman–Crippen MR) is 155 cm³/mol. The minimum Gasteiger partial charge on any atom is -0.365 e. The van der Waals surface area contributed by atoms with Crippen LogP contribution in [0.1, 0.15) is 37.8 Å². The molecule has 12 heteroatoms. The molecule has 0 saturated carbocycles. The van der Waals surface area contributed by atoms with Gasteiger partial charge in [-0.25, -0.2) is 4.98 Å². The summed E-state index contributed by atoms with van der Waals surface area (Å²) in [6.07, 6.45) is 4.60. The summed E-state index contributed by atoms with van der Waals surface area (Å²) in [5.41, 5.74) is 2.15. The Morgan fingerprint density at radius 3 is 2.77 bits per heavy atom. The molecule has 0 bridgehead atoms. The number of aromatic nitrogens is 2. The fourth-order valence-corrected chi connectivity index (χ4v) is 5.19. The third-order valence-electron chi connectivity index (χ3n) is 7.22. The Balaban J connectivity index is 1.32. The number of hydrogen-bond acceptors (Lipinski definition) is 9. The summed E-state index contributed by atoms with van der Waals surface area (Å²) in [5.74, 6) is 0.962. The van der Waals surface area contributed by atoms with Crippen molar-refractivity contribution in [3.05, 3.63) is 40.5 Å². The van der Waals surface area contributed by atoms with Gasteiger partial charge in [0, 0.05) is 44.1 Å². The maximum atomic E-state index is 12.4. The quantitative estimate of drug-likeness (QED) is 0.267. The lowest BCUT2D eigenvalue weighted by molar-refractivity contribution is -0.133. The highest BCUT2D eigenvalue weighted by Gasteiger charge is 2.39. The Labute approximate surface area is 234 Å². The zero-order valence-corrected chi connectivity index (χ0v) is 23.7. The van der Waals surface area contributed by atoms with Crippen molar-refractivity contribution in [2.24, 2.45) is 0 Å². The Morgan fingerprint density at radius 1 is 1.33 bits per heavy atom. The highest BCUT2D eigenvalue weighted by molar-refractivity contribution is 6.32. The van der Waals surface area contributed by atoms with Gasteiger partial charge < -0.3 is 36.5 Å². The zero-order valence-electron chi connectivity index (χ0n) is 23.0. The van der Waals surface area contributed by atoms with Gasteiger partial charge in [0.15, 0.2) is 5.82 Å². The van der Waals surface area contributed by atoms with E-state index in [1.807, 2.05) is 55.9 Å². The Bertz CT molecular complexity index is 1210. The first-order valence-corrected chi connectivity index (χ1v) is 13.6. The van der Waals surface area contributed by atoms with Gasteiger partial charge in [-0.3, -0.25) is 9.59 Å². The molecule has 0 spiro atoms. The number of carbonyl (C=O) groups is 2. The fraction of sp³-hybridized carbons (Fsp3) is 0.519. The molecule has 2 aliphatic rings. The van der Waals surface area contributed by atoms with E-state index < -0.39 is 5.41 Å². The number of likely N-dealkylation sites (N-methyl/N-ethyl adjacent to an activating group) is 1. The molecular formula is C27H38ClN9O2. The second kappa shape index (κ2) is 12.3. The van der Waals surface area contributed by atoms with E-state index in [9.17, 15) is 9.59 Å². The number of carbonyl (C=O) groups excluding carboxylic acids is 2. The number of fused-ring (bicyclic) bond motifs is 1. The van der Waals surface area contributed by atoms with E-state index in [0.29, 0.717) is 36.4 Å². The molecule has 2 aromatic rings. The van der Waals surface area contributed by atoms with Crippen LogP contribution in [-0.2, 0) is 21.5 Å². The number of piperidine rings is 1. The van der Waals surface area contributed by atoms with Crippen LogP contribution in [0.15, 0.2) is 24.4 Å². The van der Waals surface area contributed by atoms with Crippen LogP contribution < -0.4 is 21.3 Å². The van der Waals surface area contributed by atoms with E-state index >= 15 is 0 Å². The Kier molecular flexibility index (Phi) is 9.04. The van der Waals surface area contributed by atoms with Gasteiger partial charge >= 0.3 is 0 Å². The maximum absolute atomic E-state index is 12.4. The first kappa shape index (κ1) is 28.7. The molecule has 0 aliphatic carbocycles. The smallest absolute Gasteiger partial charge is 0.236 e. The molecule has 0 radical (unpaired) electrons. The molecule has 1 aromatic heterocycles. The van der Waals surface area contributed by atoms with Crippen LogP contribution in [0.2, 0.25) is 5.02 Å². The summed E-state index contributed by atoms with van der Waals surface area (Å²) in [6.45, 7) is 6.68. The lowest BCUT2D eigenvalue weighted by atomic mass is 9.83. The number of nitrogens with zero attached hydrogens (tertiary/aromatic N) is 4. The van der Waals surface area contributed by atoms with E-state index in [0.717, 1.165) is 42.7 Å². The van der Waals surface area contributed by atoms with Crippen molar-refractivity contribution >= 4 is 47.1 Å². The van der Waals surface area contributed by atoms with Crippen molar-refractivity contribution in [3.8, 4) is 0 Å². The summed E-state index contributed by atoms with van der Waals surface area (Å²) in [6, 6.07) is 5.77. The number of nitrogens with one attached hydrogen (secondary N) is 5. The van der Waals surface area contributed by atoms with E-state index in [-0.39, 0.29) is 23.9 Å². The standard InChI is InChI=1S/C27H38ClN9O2/c1-27(2)23-17(6-5-7-21(23)34-25(27)39)13-31-24-20(28)15-32-26(35-24)33-19(12-29)14-30-18-8-10-37(11-9-18)22(38)16-36(3)4/h5-7,12,15,18-19,29-30H,8-11,13-14,16H2,1-4H3,(H,34,39)(H2,31,32,33,35). The van der Waals surface area contributed by atoms with Crippen molar-refractivity contribution in [1.82, 2.24) is 25.1 Å². The SMILES string of the molecule is CN(C)CC(=O)N1CCC(NCC(C=N)Nc2ncc(Cl)c(NCc3cccc4c3C(C)(C)C(=O)N4)n2)CC1. The van der Waals surface area contributed by atoms with Gasteiger partial charge in [0.2, 0.25) is 17.8 Å². The summed E-state index contributed by atoms with van der Waals surface area (Å²) >= 11 is 6.38. The van der Waals surface area contributed by atoms with Gasteiger partial charge in [-0.15, -0.1) is 0 Å². The molecule has 1 aromatic carbocycles. The van der Waals surface area contributed by atoms with Crippen LogP contribution in [0, 0.1) is 5.41 Å². The van der Waals surface area contributed by atoms with E-state index in [2.05, 4.69) is 31.2 Å². The molecule has 3 heterocycles. The average Bonchev–Trinajstić information content (AvgIpc) is 3.14. The van der Waals surface area contributed by atoms with Crippen molar-refractivity contribution in [2.45, 2.75) is 50.7 Å². The molecule has 1 atom stereocenters. The lowest BCUT2D eigenvalue weighted by Gasteiger charge is -2.33. The Hall–Kier alpha value is -3.28. The average molecular weight is 556 g/mol. The number of benzene rings is 1. The maximum Gasteiger partial charge on any atom is 0.236 e. The molecule has 5 N–H and O–H groups in total. The largest absolute Gasteiger partial charge is 0.365 e. The van der Waals surface area contributed by atoms with Crippen molar-refractivity contribution in [2.75, 3.05) is 56.2 Å². The van der Waals surface area contributed by atoms with Crippen LogP contribution in [0.25, 0.3) is 0 Å². The molecule has 2 amide bonds. The van der Waals surface area contributed by atoms with Crippen LogP contribution in [0.4, 0.5) is 17.5 Å².